The number of hydrogen-bond donors (Lipinski definition) is 0. The summed E-state index contributed by atoms with van der Waals surface area (Å²) in [4.78, 5) is 38.6. The van der Waals surface area contributed by atoms with Crippen LogP contribution in [0.5, 0.6) is 0 Å². The van der Waals surface area contributed by atoms with Gasteiger partial charge in [-0.05, 0) is 30.5 Å². The van der Waals surface area contributed by atoms with Gasteiger partial charge in [-0.25, -0.2) is 31.9 Å². The number of piperidine rings is 1. The van der Waals surface area contributed by atoms with Gasteiger partial charge in [-0.15, -0.1) is 0 Å². The van der Waals surface area contributed by atoms with Crippen molar-refractivity contribution in [2.45, 2.75) is 50.0 Å². The fraction of sp³-hybridized carbons (Fsp3) is 0.520. The maximum absolute atomic E-state index is 14.4. The van der Waals surface area contributed by atoms with Crippen LogP contribution in [-0.2, 0) is 9.53 Å². The number of nitrogens with zero attached hydrogens (tertiary/aromatic N) is 5. The lowest BCUT2D eigenvalue weighted by Gasteiger charge is -2.39. The van der Waals surface area contributed by atoms with Crippen molar-refractivity contribution in [3.05, 3.63) is 53.1 Å². The second kappa shape index (κ2) is 9.14. The van der Waals surface area contributed by atoms with Crippen LogP contribution < -0.4 is 4.90 Å². The lowest BCUT2D eigenvalue weighted by molar-refractivity contribution is -0.140. The summed E-state index contributed by atoms with van der Waals surface area (Å²) in [6.07, 6.45) is -0.561. The first-order valence-corrected chi connectivity index (χ1v) is 12.5. The Kier molecular flexibility index (Phi) is 6.00. The number of likely N-dealkylation sites (tertiary alicyclic amines) is 1. The van der Waals surface area contributed by atoms with E-state index in [2.05, 4.69) is 9.97 Å². The topological polar surface area (TPSA) is 78.9 Å². The van der Waals surface area contributed by atoms with Crippen molar-refractivity contribution >= 4 is 17.8 Å². The van der Waals surface area contributed by atoms with Gasteiger partial charge in [0.1, 0.15) is 17.9 Å². The minimum atomic E-state index is -2.55. The average Bonchev–Trinajstić information content (AvgIpc) is 3.36. The number of aromatic nitrogens is 2. The average molecular weight is 537 g/mol. The van der Waals surface area contributed by atoms with Gasteiger partial charge < -0.3 is 19.4 Å². The Labute approximate surface area is 214 Å². The fourth-order valence-corrected chi connectivity index (χ4v) is 5.86. The highest BCUT2D eigenvalue weighted by Gasteiger charge is 2.58. The van der Waals surface area contributed by atoms with Crippen molar-refractivity contribution in [2.24, 2.45) is 5.92 Å². The Hall–Kier alpha value is -3.35. The molecule has 1 spiro atoms. The quantitative estimate of drug-likeness (QED) is 0.558. The maximum atomic E-state index is 14.4. The molecule has 4 fully saturated rings. The zero-order valence-electron chi connectivity index (χ0n) is 20.1. The Morgan fingerprint density at radius 3 is 2.39 bits per heavy atom. The maximum Gasteiger partial charge on any atom is 0.275 e. The molecular formula is C25H24F5N5O3. The van der Waals surface area contributed by atoms with Crippen LogP contribution in [0.25, 0.3) is 0 Å². The summed E-state index contributed by atoms with van der Waals surface area (Å²) >= 11 is 0. The number of fused-ring (bicyclic) bond motifs is 1. The Bertz CT molecular complexity index is 1260. The summed E-state index contributed by atoms with van der Waals surface area (Å²) in [5.74, 6) is -4.21. The van der Waals surface area contributed by atoms with Crippen LogP contribution in [0.3, 0.4) is 0 Å². The number of alkyl halides is 2. The first kappa shape index (κ1) is 25.0. The number of rotatable bonds is 4. The summed E-state index contributed by atoms with van der Waals surface area (Å²) in [5, 5.41) is 0. The third-order valence-electron chi connectivity index (χ3n) is 7.93. The van der Waals surface area contributed by atoms with Crippen LogP contribution in [-0.4, -0.2) is 76.0 Å². The molecule has 8 nitrogen and oxygen atoms in total. The molecule has 4 aliphatic rings. The molecule has 202 valence electrons. The molecular weight excluding hydrogens is 513 g/mol. The first-order chi connectivity index (χ1) is 18.1. The van der Waals surface area contributed by atoms with E-state index in [1.807, 2.05) is 0 Å². The zero-order chi connectivity index (χ0) is 26.8. The minimum Gasteiger partial charge on any atom is -0.342 e. The summed E-state index contributed by atoms with van der Waals surface area (Å²) in [5.41, 5.74) is -1.20. The van der Waals surface area contributed by atoms with Crippen LogP contribution in [0.1, 0.15) is 47.8 Å². The van der Waals surface area contributed by atoms with Gasteiger partial charge in [0, 0.05) is 45.1 Å². The predicted octanol–water partition coefficient (Wildman–Crippen LogP) is 3.29. The van der Waals surface area contributed by atoms with Gasteiger partial charge in [-0.1, -0.05) is 0 Å². The largest absolute Gasteiger partial charge is 0.342 e. The Morgan fingerprint density at radius 2 is 1.74 bits per heavy atom. The molecule has 2 amide bonds. The van der Waals surface area contributed by atoms with Crippen LogP contribution in [0, 0.1) is 23.4 Å². The van der Waals surface area contributed by atoms with Gasteiger partial charge in [-0.3, -0.25) is 9.59 Å². The SMILES string of the molecule is O=C(c1nc(N2CCC3(CC2)O[C@@H]2CC[C@@H](c4cc(F)cc(F)c4)N2C3=O)ncc1F)N1CC(C(F)F)C1. The molecule has 0 radical (unpaired) electrons. The van der Waals surface area contributed by atoms with E-state index in [1.165, 1.54) is 12.1 Å². The molecule has 13 heteroatoms. The molecule has 2 aromatic rings. The number of ether oxygens (including phenoxy) is 1. The molecule has 5 heterocycles. The van der Waals surface area contributed by atoms with E-state index in [9.17, 15) is 31.5 Å². The van der Waals surface area contributed by atoms with E-state index in [0.717, 1.165) is 17.2 Å². The molecule has 1 aromatic carbocycles. The fourth-order valence-electron chi connectivity index (χ4n) is 5.86. The van der Waals surface area contributed by atoms with Crippen LogP contribution in [0.2, 0.25) is 0 Å². The lowest BCUT2D eigenvalue weighted by atomic mass is 9.89. The van der Waals surface area contributed by atoms with Crippen LogP contribution in [0.15, 0.2) is 24.4 Å². The van der Waals surface area contributed by atoms with Crippen molar-refractivity contribution in [2.75, 3.05) is 31.1 Å². The van der Waals surface area contributed by atoms with Gasteiger partial charge >= 0.3 is 0 Å². The summed E-state index contributed by atoms with van der Waals surface area (Å²) in [6.45, 7) is 0.230. The molecule has 2 atom stereocenters. The number of carbonyl (C=O) groups is 2. The number of amides is 2. The minimum absolute atomic E-state index is 0.0922. The van der Waals surface area contributed by atoms with Crippen molar-refractivity contribution in [1.29, 1.82) is 0 Å². The molecule has 6 rings (SSSR count). The molecule has 0 saturated carbocycles. The van der Waals surface area contributed by atoms with Crippen LogP contribution in [0.4, 0.5) is 27.9 Å². The van der Waals surface area contributed by atoms with Crippen molar-refractivity contribution in [1.82, 2.24) is 19.8 Å². The molecule has 0 N–H and O–H groups in total. The first-order valence-electron chi connectivity index (χ1n) is 12.5. The zero-order valence-corrected chi connectivity index (χ0v) is 20.1. The van der Waals surface area contributed by atoms with Crippen molar-refractivity contribution in [3.8, 4) is 0 Å². The van der Waals surface area contributed by atoms with E-state index in [4.69, 9.17) is 4.74 Å². The molecule has 0 bridgehead atoms. The molecule has 0 unspecified atom stereocenters. The molecule has 38 heavy (non-hydrogen) atoms. The van der Waals surface area contributed by atoms with Gasteiger partial charge in [0.2, 0.25) is 12.4 Å². The third kappa shape index (κ3) is 4.07. The molecule has 4 saturated heterocycles. The summed E-state index contributed by atoms with van der Waals surface area (Å²) in [7, 11) is 0. The van der Waals surface area contributed by atoms with Crippen LogP contribution >= 0.6 is 0 Å². The van der Waals surface area contributed by atoms with E-state index >= 15 is 0 Å². The lowest BCUT2D eigenvalue weighted by Crippen LogP contribution is -2.53. The highest BCUT2D eigenvalue weighted by atomic mass is 19.3. The van der Waals surface area contributed by atoms with E-state index in [0.29, 0.717) is 18.4 Å². The number of carbonyl (C=O) groups excluding carboxylic acids is 2. The normalized spacial score (nSPS) is 24.9. The number of anilines is 1. The van der Waals surface area contributed by atoms with Crippen molar-refractivity contribution < 1.29 is 36.3 Å². The second-order valence-corrected chi connectivity index (χ2v) is 10.2. The van der Waals surface area contributed by atoms with E-state index < -0.39 is 59.3 Å². The van der Waals surface area contributed by atoms with Gasteiger partial charge in [0.25, 0.3) is 11.8 Å². The summed E-state index contributed by atoms with van der Waals surface area (Å²) in [6, 6.07) is 2.76. The highest BCUT2D eigenvalue weighted by molar-refractivity contribution is 5.93. The Balaban J connectivity index is 1.14. The predicted molar refractivity (Wildman–Crippen MR) is 122 cm³/mol. The Morgan fingerprint density at radius 1 is 1.05 bits per heavy atom. The molecule has 4 aliphatic heterocycles. The molecule has 0 aliphatic carbocycles. The highest BCUT2D eigenvalue weighted by Crippen LogP contribution is 2.48. The second-order valence-electron chi connectivity index (χ2n) is 10.2. The van der Waals surface area contributed by atoms with Gasteiger partial charge in [-0.2, -0.15) is 0 Å². The van der Waals surface area contributed by atoms with E-state index in [-0.39, 0.29) is 50.9 Å². The van der Waals surface area contributed by atoms with E-state index in [1.54, 1.807) is 9.80 Å². The monoisotopic (exact) mass is 537 g/mol. The number of halogens is 5. The number of benzene rings is 1. The number of hydrogen-bond acceptors (Lipinski definition) is 6. The standard InChI is InChI=1S/C25H24F5N5O3/c26-15-7-13(8-16(27)9-15)18-1-2-19-35(18)23(37)25(38-19)3-5-33(6-4-25)24-31-10-17(28)20(32-24)22(36)34-11-14(12-34)21(29)30/h7-10,14,18-19,21H,1-6,11-12H2/t18-,19+/m0/s1. The third-order valence-corrected chi connectivity index (χ3v) is 7.93. The molecule has 1 aromatic heterocycles. The van der Waals surface area contributed by atoms with Gasteiger partial charge in [0.05, 0.1) is 18.2 Å². The van der Waals surface area contributed by atoms with Gasteiger partial charge in [0.15, 0.2) is 17.1 Å². The summed E-state index contributed by atoms with van der Waals surface area (Å²) < 4.78 is 73.8. The smallest absolute Gasteiger partial charge is 0.275 e. The van der Waals surface area contributed by atoms with Crippen molar-refractivity contribution in [3.63, 3.8) is 0 Å².